The average Bonchev–Trinajstić information content (AvgIpc) is 2.96. The van der Waals surface area contributed by atoms with Crippen LogP contribution < -0.4 is 5.56 Å². The predicted octanol–water partition coefficient (Wildman–Crippen LogP) is 5.21. The Bertz CT molecular complexity index is 1240. The number of thioether (sulfide) groups is 1. The molecule has 5 nitrogen and oxygen atoms in total. The third-order valence-corrected chi connectivity index (χ3v) is 8.75. The van der Waals surface area contributed by atoms with Gasteiger partial charge < -0.3 is 4.90 Å². The summed E-state index contributed by atoms with van der Waals surface area (Å²) in [5.41, 5.74) is 1.03. The molecule has 3 aromatic rings. The van der Waals surface area contributed by atoms with Gasteiger partial charge in [0, 0.05) is 18.0 Å². The lowest BCUT2D eigenvalue weighted by Gasteiger charge is -2.20. The van der Waals surface area contributed by atoms with E-state index in [1.165, 1.54) is 27.3 Å². The van der Waals surface area contributed by atoms with Crippen LogP contribution in [-0.2, 0) is 17.6 Å². The highest BCUT2D eigenvalue weighted by Gasteiger charge is 2.26. The van der Waals surface area contributed by atoms with Gasteiger partial charge >= 0.3 is 0 Å². The van der Waals surface area contributed by atoms with Crippen molar-refractivity contribution in [2.45, 2.75) is 57.0 Å². The van der Waals surface area contributed by atoms with Crippen LogP contribution in [0.3, 0.4) is 0 Å². The normalized spacial score (nSPS) is 18.8. The van der Waals surface area contributed by atoms with Gasteiger partial charge in [0.2, 0.25) is 5.91 Å². The predicted molar refractivity (Wildman–Crippen MR) is 132 cm³/mol. The summed E-state index contributed by atoms with van der Waals surface area (Å²) in [5.74, 6) is 0.350. The van der Waals surface area contributed by atoms with Gasteiger partial charge in [-0.25, -0.2) is 9.37 Å². The molecule has 1 amide bonds. The van der Waals surface area contributed by atoms with E-state index in [9.17, 15) is 14.0 Å². The van der Waals surface area contributed by atoms with Crippen molar-refractivity contribution in [1.29, 1.82) is 0 Å². The standard InChI is InChI=1S/C25H28FN3O2S2/c1-16-10-11-17-20(14-16)33-23-22(17)24(31)29(19-9-5-4-8-18(19)26)25(27-23)32-15-21(30)28-12-6-2-3-7-13-28/h4-5,8-9,16H,2-3,6-7,10-15H2,1H3. The summed E-state index contributed by atoms with van der Waals surface area (Å²) in [6.07, 6.45) is 7.21. The number of nitrogens with zero attached hydrogens (tertiary/aromatic N) is 3. The minimum absolute atomic E-state index is 0.0515. The molecular formula is C25H28FN3O2S2. The number of aryl methyl sites for hydroxylation is 1. The molecule has 0 N–H and O–H groups in total. The van der Waals surface area contributed by atoms with E-state index in [1.54, 1.807) is 29.5 Å². The van der Waals surface area contributed by atoms with Crippen LogP contribution in [0.15, 0.2) is 34.2 Å². The fraction of sp³-hybridized carbons (Fsp3) is 0.480. The number of likely N-dealkylation sites (tertiary alicyclic amines) is 1. The molecular weight excluding hydrogens is 457 g/mol. The minimum atomic E-state index is -0.473. The Balaban J connectivity index is 1.56. The van der Waals surface area contributed by atoms with E-state index in [4.69, 9.17) is 4.98 Å². The smallest absolute Gasteiger partial charge is 0.267 e. The van der Waals surface area contributed by atoms with Gasteiger partial charge in [-0.15, -0.1) is 11.3 Å². The third-order valence-electron chi connectivity index (χ3n) is 6.68. The van der Waals surface area contributed by atoms with Crippen LogP contribution in [0.1, 0.15) is 49.5 Å². The van der Waals surface area contributed by atoms with E-state index in [0.29, 0.717) is 21.3 Å². The topological polar surface area (TPSA) is 55.2 Å². The molecule has 8 heteroatoms. The molecule has 1 aliphatic carbocycles. The van der Waals surface area contributed by atoms with Crippen LogP contribution in [0, 0.1) is 11.7 Å². The number of para-hydroxylation sites is 1. The molecule has 1 atom stereocenters. The van der Waals surface area contributed by atoms with Gasteiger partial charge in [0.15, 0.2) is 5.16 Å². The zero-order valence-corrected chi connectivity index (χ0v) is 20.4. The van der Waals surface area contributed by atoms with Gasteiger partial charge in [-0.05, 0) is 55.7 Å². The molecule has 1 unspecified atom stereocenters. The minimum Gasteiger partial charge on any atom is -0.342 e. The van der Waals surface area contributed by atoms with Crippen molar-refractivity contribution in [3.05, 3.63) is 50.9 Å². The first-order valence-electron chi connectivity index (χ1n) is 11.8. The third kappa shape index (κ3) is 4.47. The average molecular weight is 486 g/mol. The highest BCUT2D eigenvalue weighted by molar-refractivity contribution is 7.99. The molecule has 0 saturated carbocycles. The Morgan fingerprint density at radius 3 is 2.73 bits per heavy atom. The van der Waals surface area contributed by atoms with Gasteiger partial charge in [-0.1, -0.05) is 43.7 Å². The number of benzene rings is 1. The SMILES string of the molecule is CC1CCc2c(sc3nc(SCC(=O)N4CCCCCC4)n(-c4ccccc4F)c(=O)c23)C1. The van der Waals surface area contributed by atoms with E-state index >= 15 is 0 Å². The van der Waals surface area contributed by atoms with Crippen LogP contribution >= 0.6 is 23.1 Å². The van der Waals surface area contributed by atoms with Crippen molar-refractivity contribution in [1.82, 2.24) is 14.5 Å². The molecule has 0 bridgehead atoms. The number of hydrogen-bond acceptors (Lipinski definition) is 5. The highest BCUT2D eigenvalue weighted by atomic mass is 32.2. The lowest BCUT2D eigenvalue weighted by Crippen LogP contribution is -2.33. The Hall–Kier alpha value is -2.19. The van der Waals surface area contributed by atoms with Crippen LogP contribution in [0.4, 0.5) is 4.39 Å². The molecule has 0 radical (unpaired) electrons. The first kappa shape index (κ1) is 22.6. The summed E-state index contributed by atoms with van der Waals surface area (Å²) in [6.45, 7) is 3.79. The van der Waals surface area contributed by atoms with Crippen molar-refractivity contribution in [2.24, 2.45) is 5.92 Å². The molecule has 2 aromatic heterocycles. The number of thiophene rings is 1. The lowest BCUT2D eigenvalue weighted by atomic mass is 9.89. The van der Waals surface area contributed by atoms with Gasteiger partial charge in [0.1, 0.15) is 10.6 Å². The second-order valence-corrected chi connectivity index (χ2v) is 11.1. The van der Waals surface area contributed by atoms with Crippen LogP contribution in [0.5, 0.6) is 0 Å². The molecule has 174 valence electrons. The zero-order valence-electron chi connectivity index (χ0n) is 18.8. The number of hydrogen-bond donors (Lipinski definition) is 0. The van der Waals surface area contributed by atoms with Gasteiger partial charge in [-0.3, -0.25) is 14.2 Å². The van der Waals surface area contributed by atoms with Crippen molar-refractivity contribution < 1.29 is 9.18 Å². The lowest BCUT2D eigenvalue weighted by molar-refractivity contribution is -0.128. The molecule has 1 fully saturated rings. The molecule has 0 spiro atoms. The van der Waals surface area contributed by atoms with Crippen LogP contribution in [-0.4, -0.2) is 39.2 Å². The fourth-order valence-electron chi connectivity index (χ4n) is 4.85. The van der Waals surface area contributed by atoms with E-state index < -0.39 is 5.82 Å². The second-order valence-electron chi connectivity index (χ2n) is 9.10. The molecule has 1 saturated heterocycles. The Morgan fingerprint density at radius 2 is 1.97 bits per heavy atom. The molecule has 2 aliphatic rings. The number of carbonyl (C=O) groups is 1. The maximum absolute atomic E-state index is 14.8. The molecule has 1 aliphatic heterocycles. The first-order chi connectivity index (χ1) is 16.0. The largest absolute Gasteiger partial charge is 0.342 e. The van der Waals surface area contributed by atoms with E-state index in [2.05, 4.69) is 6.92 Å². The summed E-state index contributed by atoms with van der Waals surface area (Å²) in [7, 11) is 0. The number of rotatable bonds is 4. The summed E-state index contributed by atoms with van der Waals surface area (Å²) >= 11 is 2.81. The Kier molecular flexibility index (Phi) is 6.56. The van der Waals surface area contributed by atoms with Crippen molar-refractivity contribution in [3.63, 3.8) is 0 Å². The summed E-state index contributed by atoms with van der Waals surface area (Å²) in [6, 6.07) is 6.29. The summed E-state index contributed by atoms with van der Waals surface area (Å²) < 4.78 is 16.2. The Labute approximate surface area is 201 Å². The van der Waals surface area contributed by atoms with Gasteiger partial charge in [0.05, 0.1) is 16.8 Å². The molecule has 5 rings (SSSR count). The number of halogens is 1. The molecule has 1 aromatic carbocycles. The van der Waals surface area contributed by atoms with Crippen molar-refractivity contribution >= 4 is 39.2 Å². The van der Waals surface area contributed by atoms with Gasteiger partial charge in [-0.2, -0.15) is 0 Å². The first-order valence-corrected chi connectivity index (χ1v) is 13.6. The Morgan fingerprint density at radius 1 is 1.21 bits per heavy atom. The second kappa shape index (κ2) is 9.58. The zero-order chi connectivity index (χ0) is 22.9. The van der Waals surface area contributed by atoms with E-state index in [0.717, 1.165) is 63.6 Å². The number of amides is 1. The van der Waals surface area contributed by atoms with Crippen molar-refractivity contribution in [3.8, 4) is 5.69 Å². The quantitative estimate of drug-likeness (QED) is 0.376. The summed E-state index contributed by atoms with van der Waals surface area (Å²) in [5, 5.41) is 1.00. The maximum Gasteiger partial charge on any atom is 0.267 e. The highest BCUT2D eigenvalue weighted by Crippen LogP contribution is 2.37. The molecule has 33 heavy (non-hydrogen) atoms. The fourth-order valence-corrected chi connectivity index (χ4v) is 7.18. The number of carbonyl (C=O) groups excluding carboxylic acids is 1. The maximum atomic E-state index is 14.8. The van der Waals surface area contributed by atoms with E-state index in [1.807, 2.05) is 4.90 Å². The number of aromatic nitrogens is 2. The summed E-state index contributed by atoms with van der Waals surface area (Å²) in [4.78, 5) is 35.3. The molecule has 3 heterocycles. The van der Waals surface area contributed by atoms with Crippen LogP contribution in [0.2, 0.25) is 0 Å². The van der Waals surface area contributed by atoms with Gasteiger partial charge in [0.25, 0.3) is 5.56 Å². The monoisotopic (exact) mass is 485 g/mol. The number of fused-ring (bicyclic) bond motifs is 3. The van der Waals surface area contributed by atoms with E-state index in [-0.39, 0.29) is 22.9 Å². The van der Waals surface area contributed by atoms with Crippen molar-refractivity contribution in [2.75, 3.05) is 18.8 Å². The van der Waals surface area contributed by atoms with Crippen LogP contribution in [0.25, 0.3) is 15.9 Å².